The number of hydrogen-bond donors (Lipinski definition) is 1. The lowest BCUT2D eigenvalue weighted by Gasteiger charge is -2.22. The van der Waals surface area contributed by atoms with E-state index in [0.717, 1.165) is 29.9 Å². The Hall–Kier alpha value is -2.69. The lowest BCUT2D eigenvalue weighted by Crippen LogP contribution is -2.37. The van der Waals surface area contributed by atoms with E-state index in [2.05, 4.69) is 17.4 Å². The van der Waals surface area contributed by atoms with E-state index >= 15 is 0 Å². The molecule has 5 nitrogen and oxygen atoms in total. The molecule has 1 aliphatic rings. The predicted molar refractivity (Wildman–Crippen MR) is 109 cm³/mol. The summed E-state index contributed by atoms with van der Waals surface area (Å²) in [4.78, 5) is 12.7. The fourth-order valence-corrected chi connectivity index (χ4v) is 3.63. The number of carbonyl (C=O) groups is 1. The second-order valence-corrected chi connectivity index (χ2v) is 7.24. The molecule has 0 unspecified atom stereocenters. The molecule has 0 bridgehead atoms. The van der Waals surface area contributed by atoms with Crippen molar-refractivity contribution in [3.05, 3.63) is 53.1 Å². The van der Waals surface area contributed by atoms with Gasteiger partial charge in [0.15, 0.2) is 6.10 Å². The van der Waals surface area contributed by atoms with Crippen molar-refractivity contribution < 1.29 is 19.0 Å². The first-order valence-corrected chi connectivity index (χ1v) is 9.82. The lowest BCUT2D eigenvalue weighted by molar-refractivity contribution is -0.127. The van der Waals surface area contributed by atoms with Gasteiger partial charge in [0.25, 0.3) is 5.91 Å². The normalized spacial score (nSPS) is 15.1. The van der Waals surface area contributed by atoms with Crippen molar-refractivity contribution >= 4 is 5.91 Å². The first-order chi connectivity index (χ1) is 13.5. The average Bonchev–Trinajstić information content (AvgIpc) is 2.72. The quantitative estimate of drug-likeness (QED) is 0.777. The molecule has 0 spiro atoms. The number of fused-ring (bicyclic) bond motifs is 1. The molecule has 0 fully saturated rings. The Kier molecular flexibility index (Phi) is 6.45. The Morgan fingerprint density at radius 1 is 0.929 bits per heavy atom. The SMILES string of the molecule is COc1ccc(OC)c([C@@H](C)NC(=O)[C@H](C)Oc2ccc3c(c2)CCCC3)c1. The van der Waals surface area contributed by atoms with Gasteiger partial charge < -0.3 is 19.5 Å². The van der Waals surface area contributed by atoms with Crippen LogP contribution < -0.4 is 19.5 Å². The maximum absolute atomic E-state index is 12.7. The van der Waals surface area contributed by atoms with Gasteiger partial charge in [0.1, 0.15) is 17.2 Å². The van der Waals surface area contributed by atoms with Gasteiger partial charge in [0, 0.05) is 5.56 Å². The number of rotatable bonds is 7. The van der Waals surface area contributed by atoms with Crippen molar-refractivity contribution in [2.75, 3.05) is 14.2 Å². The fraction of sp³-hybridized carbons (Fsp3) is 0.435. The Morgan fingerprint density at radius 3 is 2.36 bits per heavy atom. The first-order valence-electron chi connectivity index (χ1n) is 9.82. The van der Waals surface area contributed by atoms with E-state index in [1.807, 2.05) is 31.2 Å². The number of nitrogens with one attached hydrogen (secondary N) is 1. The van der Waals surface area contributed by atoms with Crippen molar-refractivity contribution in [3.63, 3.8) is 0 Å². The van der Waals surface area contributed by atoms with E-state index in [0.29, 0.717) is 5.75 Å². The van der Waals surface area contributed by atoms with Crippen LogP contribution in [-0.4, -0.2) is 26.2 Å². The van der Waals surface area contributed by atoms with Crippen LogP contribution in [-0.2, 0) is 17.6 Å². The maximum atomic E-state index is 12.7. The maximum Gasteiger partial charge on any atom is 0.261 e. The van der Waals surface area contributed by atoms with E-state index in [-0.39, 0.29) is 11.9 Å². The van der Waals surface area contributed by atoms with Gasteiger partial charge in [0.05, 0.1) is 20.3 Å². The average molecular weight is 383 g/mol. The van der Waals surface area contributed by atoms with Gasteiger partial charge in [-0.3, -0.25) is 4.79 Å². The number of methoxy groups -OCH3 is 2. The molecular weight excluding hydrogens is 354 g/mol. The van der Waals surface area contributed by atoms with Crippen LogP contribution >= 0.6 is 0 Å². The standard InChI is InChI=1S/C23H29NO4/c1-15(21-14-19(26-3)11-12-22(21)27-4)24-23(25)16(2)28-20-10-9-17-7-5-6-8-18(17)13-20/h9-16H,5-8H2,1-4H3,(H,24,25)/t15-,16+/m1/s1. The van der Waals surface area contributed by atoms with Crippen LogP contribution in [0.15, 0.2) is 36.4 Å². The molecule has 1 aliphatic carbocycles. The summed E-state index contributed by atoms with van der Waals surface area (Å²) < 4.78 is 16.6. The minimum Gasteiger partial charge on any atom is -0.497 e. The van der Waals surface area contributed by atoms with Gasteiger partial charge in [-0.2, -0.15) is 0 Å². The molecule has 0 saturated heterocycles. The second kappa shape index (κ2) is 9.00. The highest BCUT2D eigenvalue weighted by Gasteiger charge is 2.21. The zero-order chi connectivity index (χ0) is 20.1. The summed E-state index contributed by atoms with van der Waals surface area (Å²) in [5.41, 5.74) is 3.59. The Balaban J connectivity index is 1.65. The second-order valence-electron chi connectivity index (χ2n) is 7.24. The van der Waals surface area contributed by atoms with Crippen LogP contribution in [0.1, 0.15) is 49.4 Å². The third-order valence-corrected chi connectivity index (χ3v) is 5.26. The van der Waals surface area contributed by atoms with E-state index in [4.69, 9.17) is 14.2 Å². The highest BCUT2D eigenvalue weighted by molar-refractivity contribution is 5.81. The van der Waals surface area contributed by atoms with E-state index in [9.17, 15) is 4.79 Å². The van der Waals surface area contributed by atoms with Crippen molar-refractivity contribution in [3.8, 4) is 17.2 Å². The minimum absolute atomic E-state index is 0.171. The zero-order valence-electron chi connectivity index (χ0n) is 17.1. The summed E-state index contributed by atoms with van der Waals surface area (Å²) in [7, 11) is 3.23. The summed E-state index contributed by atoms with van der Waals surface area (Å²) in [6.07, 6.45) is 4.08. The number of aryl methyl sites for hydroxylation is 2. The molecule has 1 N–H and O–H groups in total. The van der Waals surface area contributed by atoms with Gasteiger partial charge in [0.2, 0.25) is 0 Å². The van der Waals surface area contributed by atoms with Crippen LogP contribution in [0.4, 0.5) is 0 Å². The minimum atomic E-state index is -0.597. The van der Waals surface area contributed by atoms with Crippen LogP contribution in [0.25, 0.3) is 0 Å². The molecule has 0 aliphatic heterocycles. The van der Waals surface area contributed by atoms with Gasteiger partial charge >= 0.3 is 0 Å². The van der Waals surface area contributed by atoms with Gasteiger partial charge in [-0.1, -0.05) is 6.07 Å². The molecule has 2 aromatic rings. The van der Waals surface area contributed by atoms with Crippen molar-refractivity contribution in [2.45, 2.75) is 51.7 Å². The molecule has 28 heavy (non-hydrogen) atoms. The van der Waals surface area contributed by atoms with Gasteiger partial charge in [-0.25, -0.2) is 0 Å². The van der Waals surface area contributed by atoms with E-state index < -0.39 is 6.10 Å². The highest BCUT2D eigenvalue weighted by Crippen LogP contribution is 2.29. The number of benzene rings is 2. The number of ether oxygens (including phenoxy) is 3. The third-order valence-electron chi connectivity index (χ3n) is 5.26. The first kappa shape index (κ1) is 20.1. The Labute approximate surface area is 167 Å². The Bertz CT molecular complexity index is 833. The number of carbonyl (C=O) groups excluding carboxylic acids is 1. The van der Waals surface area contributed by atoms with Crippen LogP contribution in [0.5, 0.6) is 17.2 Å². The molecule has 0 saturated carbocycles. The molecule has 150 valence electrons. The van der Waals surface area contributed by atoms with Gasteiger partial charge in [-0.15, -0.1) is 0 Å². The topological polar surface area (TPSA) is 56.8 Å². The Morgan fingerprint density at radius 2 is 1.64 bits per heavy atom. The summed E-state index contributed by atoms with van der Waals surface area (Å²) >= 11 is 0. The highest BCUT2D eigenvalue weighted by atomic mass is 16.5. The van der Waals surface area contributed by atoms with Crippen LogP contribution in [0.3, 0.4) is 0 Å². The molecule has 0 heterocycles. The third kappa shape index (κ3) is 4.58. The zero-order valence-corrected chi connectivity index (χ0v) is 17.1. The monoisotopic (exact) mass is 383 g/mol. The number of hydrogen-bond acceptors (Lipinski definition) is 4. The molecule has 2 atom stereocenters. The van der Waals surface area contributed by atoms with E-state index in [1.54, 1.807) is 21.1 Å². The van der Waals surface area contributed by atoms with Gasteiger partial charge in [-0.05, 0) is 81.0 Å². The molecule has 2 aromatic carbocycles. The summed E-state index contributed by atoms with van der Waals surface area (Å²) in [5.74, 6) is 2.00. The molecule has 0 radical (unpaired) electrons. The smallest absolute Gasteiger partial charge is 0.261 e. The molecule has 1 amide bonds. The van der Waals surface area contributed by atoms with Crippen molar-refractivity contribution in [2.24, 2.45) is 0 Å². The number of amides is 1. The van der Waals surface area contributed by atoms with E-state index in [1.165, 1.54) is 24.0 Å². The van der Waals surface area contributed by atoms with Crippen molar-refractivity contribution in [1.82, 2.24) is 5.32 Å². The summed E-state index contributed by atoms with van der Waals surface area (Å²) in [6, 6.07) is 11.5. The fourth-order valence-electron chi connectivity index (χ4n) is 3.63. The lowest BCUT2D eigenvalue weighted by atomic mass is 9.92. The van der Waals surface area contributed by atoms with Crippen LogP contribution in [0, 0.1) is 0 Å². The molecule has 5 heteroatoms. The molecule has 3 rings (SSSR count). The van der Waals surface area contributed by atoms with Crippen LogP contribution in [0.2, 0.25) is 0 Å². The van der Waals surface area contributed by atoms with Crippen molar-refractivity contribution in [1.29, 1.82) is 0 Å². The molecule has 0 aromatic heterocycles. The largest absolute Gasteiger partial charge is 0.497 e. The predicted octanol–water partition coefficient (Wildman–Crippen LogP) is 4.23. The summed E-state index contributed by atoms with van der Waals surface area (Å²) in [5, 5.41) is 3.01. The molecular formula is C23H29NO4. The summed E-state index contributed by atoms with van der Waals surface area (Å²) in [6.45, 7) is 3.69.